The number of amides is 1. The van der Waals surface area contributed by atoms with Crippen LogP contribution in [0.1, 0.15) is 32.1 Å². The first-order valence-electron chi connectivity index (χ1n) is 9.66. The molecule has 0 aromatic heterocycles. The Morgan fingerprint density at radius 2 is 1.93 bits per heavy atom. The average Bonchev–Trinajstić information content (AvgIpc) is 3.09. The molecule has 2 saturated heterocycles. The molecule has 1 aliphatic carbocycles. The SMILES string of the molecule is COc1cc(NC(=O)C2CC23CCNCC3)ccc1S(=O)(=O)N1CCCC1.Cl. The first-order valence-corrected chi connectivity index (χ1v) is 11.1. The highest BCUT2D eigenvalue weighted by Gasteiger charge is 2.57. The zero-order valence-electron chi connectivity index (χ0n) is 16.1. The zero-order valence-corrected chi connectivity index (χ0v) is 17.7. The fourth-order valence-corrected chi connectivity index (χ4v) is 6.10. The Morgan fingerprint density at radius 3 is 2.57 bits per heavy atom. The van der Waals surface area contributed by atoms with E-state index in [4.69, 9.17) is 4.74 Å². The summed E-state index contributed by atoms with van der Waals surface area (Å²) in [7, 11) is -2.11. The molecule has 2 aliphatic heterocycles. The van der Waals surface area contributed by atoms with E-state index in [2.05, 4.69) is 10.6 Å². The number of nitrogens with zero attached hydrogens (tertiary/aromatic N) is 1. The van der Waals surface area contributed by atoms with Crippen LogP contribution in [0.2, 0.25) is 0 Å². The number of carbonyl (C=O) groups excluding carboxylic acids is 1. The number of piperidine rings is 1. The molecule has 1 amide bonds. The molecule has 2 heterocycles. The van der Waals surface area contributed by atoms with E-state index in [9.17, 15) is 13.2 Å². The highest BCUT2D eigenvalue weighted by molar-refractivity contribution is 7.89. The molecule has 1 aromatic carbocycles. The Labute approximate surface area is 172 Å². The third kappa shape index (κ3) is 3.87. The summed E-state index contributed by atoms with van der Waals surface area (Å²) in [5, 5.41) is 6.29. The molecule has 1 unspecified atom stereocenters. The molecular weight excluding hydrogens is 402 g/mol. The van der Waals surface area contributed by atoms with Crippen LogP contribution < -0.4 is 15.4 Å². The van der Waals surface area contributed by atoms with Crippen LogP contribution in [0.3, 0.4) is 0 Å². The highest BCUT2D eigenvalue weighted by Crippen LogP contribution is 2.58. The maximum absolute atomic E-state index is 12.8. The van der Waals surface area contributed by atoms with E-state index in [-0.39, 0.29) is 40.3 Å². The van der Waals surface area contributed by atoms with Crippen molar-refractivity contribution in [3.63, 3.8) is 0 Å². The molecule has 28 heavy (non-hydrogen) atoms. The zero-order chi connectivity index (χ0) is 19.1. The predicted molar refractivity (Wildman–Crippen MR) is 110 cm³/mol. The molecule has 1 saturated carbocycles. The van der Waals surface area contributed by atoms with E-state index >= 15 is 0 Å². The summed E-state index contributed by atoms with van der Waals surface area (Å²) in [4.78, 5) is 12.8. The van der Waals surface area contributed by atoms with Crippen molar-refractivity contribution >= 4 is 34.0 Å². The summed E-state index contributed by atoms with van der Waals surface area (Å²) in [6.07, 6.45) is 4.80. The number of sulfonamides is 1. The molecule has 0 bridgehead atoms. The summed E-state index contributed by atoms with van der Waals surface area (Å²) in [6.45, 7) is 3.03. The van der Waals surface area contributed by atoms with Crippen LogP contribution in [0.4, 0.5) is 5.69 Å². The number of hydrogen-bond acceptors (Lipinski definition) is 5. The summed E-state index contributed by atoms with van der Waals surface area (Å²) in [5.74, 6) is 0.347. The Hall–Kier alpha value is -1.35. The standard InChI is InChI=1S/C19H27N3O4S.ClH/c1-26-16-12-14(4-5-17(16)27(24,25)22-10-2-3-11-22)21-18(23)15-13-19(15)6-8-20-9-7-19;/h4-5,12,15,20H,2-3,6-11,13H2,1H3,(H,21,23);1H. The van der Waals surface area contributed by atoms with Crippen molar-refractivity contribution in [2.45, 2.75) is 37.0 Å². The van der Waals surface area contributed by atoms with Crippen LogP contribution in [-0.2, 0) is 14.8 Å². The number of benzene rings is 1. The normalized spacial score (nSPS) is 23.8. The topological polar surface area (TPSA) is 87.7 Å². The van der Waals surface area contributed by atoms with E-state index in [0.717, 1.165) is 45.2 Å². The van der Waals surface area contributed by atoms with Gasteiger partial charge in [0.1, 0.15) is 10.6 Å². The van der Waals surface area contributed by atoms with Gasteiger partial charge in [0.25, 0.3) is 0 Å². The average molecular weight is 430 g/mol. The number of anilines is 1. The van der Waals surface area contributed by atoms with Crippen LogP contribution in [-0.4, -0.2) is 51.9 Å². The maximum atomic E-state index is 12.8. The lowest BCUT2D eigenvalue weighted by molar-refractivity contribution is -0.118. The molecule has 3 aliphatic rings. The third-order valence-corrected chi connectivity index (χ3v) is 8.16. The number of rotatable bonds is 5. The fourth-order valence-electron chi connectivity index (χ4n) is 4.45. The number of halogens is 1. The first-order chi connectivity index (χ1) is 13.0. The van der Waals surface area contributed by atoms with E-state index in [1.54, 1.807) is 12.1 Å². The second-order valence-corrected chi connectivity index (χ2v) is 9.74. The lowest BCUT2D eigenvalue weighted by Gasteiger charge is -2.23. The van der Waals surface area contributed by atoms with Crippen LogP contribution in [0.25, 0.3) is 0 Å². The van der Waals surface area contributed by atoms with Crippen molar-refractivity contribution in [3.8, 4) is 5.75 Å². The van der Waals surface area contributed by atoms with Crippen LogP contribution in [0.15, 0.2) is 23.1 Å². The van der Waals surface area contributed by atoms with Gasteiger partial charge in [-0.1, -0.05) is 0 Å². The second-order valence-electron chi connectivity index (χ2n) is 7.84. The van der Waals surface area contributed by atoms with Crippen LogP contribution in [0.5, 0.6) is 5.75 Å². The van der Waals surface area contributed by atoms with Crippen molar-refractivity contribution in [3.05, 3.63) is 18.2 Å². The third-order valence-electron chi connectivity index (χ3n) is 6.22. The molecule has 9 heteroatoms. The Bertz CT molecular complexity index is 834. The van der Waals surface area contributed by atoms with Crippen LogP contribution in [0, 0.1) is 11.3 Å². The minimum atomic E-state index is -3.56. The van der Waals surface area contributed by atoms with Gasteiger partial charge in [0.05, 0.1) is 7.11 Å². The molecule has 3 fully saturated rings. The minimum absolute atomic E-state index is 0. The van der Waals surface area contributed by atoms with Gasteiger partial charge >= 0.3 is 0 Å². The number of carbonyl (C=O) groups is 1. The summed E-state index contributed by atoms with van der Waals surface area (Å²) in [5.41, 5.74) is 0.742. The molecule has 1 spiro atoms. The molecule has 4 rings (SSSR count). The van der Waals surface area contributed by atoms with Gasteiger partial charge in [0.2, 0.25) is 15.9 Å². The number of hydrogen-bond donors (Lipinski definition) is 2. The summed E-state index contributed by atoms with van der Waals surface area (Å²) in [6, 6.07) is 4.80. The van der Waals surface area contributed by atoms with E-state index in [1.165, 1.54) is 17.5 Å². The van der Waals surface area contributed by atoms with Gasteiger partial charge in [-0.25, -0.2) is 8.42 Å². The Balaban J connectivity index is 0.00000225. The summed E-state index contributed by atoms with van der Waals surface area (Å²) >= 11 is 0. The van der Waals surface area contributed by atoms with Crippen LogP contribution >= 0.6 is 12.4 Å². The van der Waals surface area contributed by atoms with E-state index in [0.29, 0.717) is 18.8 Å². The van der Waals surface area contributed by atoms with Crippen molar-refractivity contribution in [2.24, 2.45) is 11.3 Å². The number of ether oxygens (including phenoxy) is 1. The smallest absolute Gasteiger partial charge is 0.246 e. The number of nitrogens with one attached hydrogen (secondary N) is 2. The lowest BCUT2D eigenvalue weighted by Crippen LogP contribution is -2.31. The van der Waals surface area contributed by atoms with Crippen molar-refractivity contribution in [1.82, 2.24) is 9.62 Å². The summed E-state index contributed by atoms with van der Waals surface area (Å²) < 4.78 is 32.5. The fraction of sp³-hybridized carbons (Fsp3) is 0.632. The van der Waals surface area contributed by atoms with Gasteiger partial charge in [0, 0.05) is 30.8 Å². The minimum Gasteiger partial charge on any atom is -0.495 e. The molecular formula is C19H28ClN3O4S. The lowest BCUT2D eigenvalue weighted by atomic mass is 9.92. The predicted octanol–water partition coefficient (Wildman–Crippen LogP) is 2.23. The van der Waals surface area contributed by atoms with Gasteiger partial charge in [-0.15, -0.1) is 12.4 Å². The molecule has 7 nitrogen and oxygen atoms in total. The Kier molecular flexibility index (Phi) is 6.24. The first kappa shape index (κ1) is 21.4. The quantitative estimate of drug-likeness (QED) is 0.749. The monoisotopic (exact) mass is 429 g/mol. The molecule has 0 radical (unpaired) electrons. The van der Waals surface area contributed by atoms with Crippen molar-refractivity contribution < 1.29 is 17.9 Å². The van der Waals surface area contributed by atoms with Gasteiger partial charge in [0.15, 0.2) is 0 Å². The highest BCUT2D eigenvalue weighted by atomic mass is 35.5. The maximum Gasteiger partial charge on any atom is 0.246 e. The van der Waals surface area contributed by atoms with Crippen molar-refractivity contribution in [2.75, 3.05) is 38.6 Å². The molecule has 1 atom stereocenters. The van der Waals surface area contributed by atoms with Gasteiger partial charge in [-0.05, 0) is 62.7 Å². The van der Waals surface area contributed by atoms with E-state index in [1.807, 2.05) is 0 Å². The van der Waals surface area contributed by atoms with Gasteiger partial charge < -0.3 is 15.4 Å². The molecule has 1 aromatic rings. The second kappa shape index (κ2) is 8.18. The Morgan fingerprint density at radius 1 is 1.25 bits per heavy atom. The van der Waals surface area contributed by atoms with Crippen molar-refractivity contribution in [1.29, 1.82) is 0 Å². The number of methoxy groups -OCH3 is 1. The van der Waals surface area contributed by atoms with E-state index < -0.39 is 10.0 Å². The van der Waals surface area contributed by atoms with Gasteiger partial charge in [-0.2, -0.15) is 4.31 Å². The van der Waals surface area contributed by atoms with Gasteiger partial charge in [-0.3, -0.25) is 4.79 Å². The largest absolute Gasteiger partial charge is 0.495 e. The molecule has 2 N–H and O–H groups in total. The molecule has 156 valence electrons.